The van der Waals surface area contributed by atoms with Gasteiger partial charge < -0.3 is 10.6 Å². The van der Waals surface area contributed by atoms with Crippen LogP contribution in [0.1, 0.15) is 13.3 Å². The smallest absolute Gasteiger partial charge is 0.191 e. The van der Waals surface area contributed by atoms with E-state index in [1.165, 1.54) is 4.90 Å². The highest BCUT2D eigenvalue weighted by Gasteiger charge is 2.27. The van der Waals surface area contributed by atoms with Crippen LogP contribution in [-0.2, 0) is 9.84 Å². The van der Waals surface area contributed by atoms with E-state index < -0.39 is 9.84 Å². The summed E-state index contributed by atoms with van der Waals surface area (Å²) in [5.74, 6) is 2.37. The van der Waals surface area contributed by atoms with Gasteiger partial charge in [-0.25, -0.2) is 8.42 Å². The number of guanidine groups is 1. The van der Waals surface area contributed by atoms with Gasteiger partial charge in [-0.05, 0) is 43.5 Å². The van der Waals surface area contributed by atoms with Gasteiger partial charge in [0.25, 0.3) is 0 Å². The number of aliphatic imine (C=N–C) groups is 1. The van der Waals surface area contributed by atoms with Crippen molar-refractivity contribution in [3.8, 4) is 0 Å². The van der Waals surface area contributed by atoms with Gasteiger partial charge in [0.2, 0.25) is 0 Å². The molecule has 1 heterocycles. The molecule has 1 aromatic carbocycles. The molecule has 1 atom stereocenters. The number of rotatable bonds is 7. The lowest BCUT2D eigenvalue weighted by Gasteiger charge is -2.12. The van der Waals surface area contributed by atoms with E-state index in [0.717, 1.165) is 36.2 Å². The van der Waals surface area contributed by atoms with E-state index in [4.69, 9.17) is 11.6 Å². The van der Waals surface area contributed by atoms with Gasteiger partial charge in [-0.15, -0.1) is 35.7 Å². The summed E-state index contributed by atoms with van der Waals surface area (Å²) in [5.41, 5.74) is 0. The van der Waals surface area contributed by atoms with Crippen LogP contribution in [0.3, 0.4) is 0 Å². The largest absolute Gasteiger partial charge is 0.357 e. The van der Waals surface area contributed by atoms with Crippen molar-refractivity contribution < 1.29 is 8.42 Å². The SMILES string of the molecule is CCNC(=NCC1CCS(=O)(=O)C1)NCCSc1ccc(Cl)cc1.I. The molecule has 1 aromatic rings. The van der Waals surface area contributed by atoms with Crippen LogP contribution in [0.15, 0.2) is 34.2 Å². The van der Waals surface area contributed by atoms with Gasteiger partial charge in [0.15, 0.2) is 15.8 Å². The molecular weight excluding hydrogens is 493 g/mol. The zero-order valence-electron chi connectivity index (χ0n) is 14.2. The summed E-state index contributed by atoms with van der Waals surface area (Å²) in [6.07, 6.45) is 0.720. The second-order valence-electron chi connectivity index (χ2n) is 5.72. The first kappa shape index (κ1) is 22.9. The standard InChI is InChI=1S/C16H24ClN3O2S2.HI/c1-2-18-16(20-11-13-7-10-24(21,22)12-13)19-8-9-23-15-5-3-14(17)4-6-15;/h3-6,13H,2,7-12H2,1H3,(H2,18,19,20);1H. The van der Waals surface area contributed by atoms with Crippen LogP contribution in [0.4, 0.5) is 0 Å². The van der Waals surface area contributed by atoms with E-state index in [1.807, 2.05) is 31.2 Å². The normalized spacial score (nSPS) is 19.3. The number of hydrogen-bond acceptors (Lipinski definition) is 4. The van der Waals surface area contributed by atoms with E-state index in [2.05, 4.69) is 15.6 Å². The van der Waals surface area contributed by atoms with Crippen molar-refractivity contribution >= 4 is 63.1 Å². The third-order valence-electron chi connectivity index (χ3n) is 3.66. The molecule has 5 nitrogen and oxygen atoms in total. The Morgan fingerprint density at radius 3 is 2.64 bits per heavy atom. The number of benzene rings is 1. The zero-order valence-corrected chi connectivity index (χ0v) is 18.9. The first-order chi connectivity index (χ1) is 11.5. The van der Waals surface area contributed by atoms with Gasteiger partial charge in [-0.1, -0.05) is 11.6 Å². The second-order valence-corrected chi connectivity index (χ2v) is 9.55. The van der Waals surface area contributed by atoms with Crippen LogP contribution >= 0.6 is 47.3 Å². The van der Waals surface area contributed by atoms with Gasteiger partial charge in [0, 0.05) is 35.3 Å². The molecule has 1 saturated heterocycles. The first-order valence-corrected chi connectivity index (χ1v) is 11.3. The van der Waals surface area contributed by atoms with Crippen LogP contribution in [0.2, 0.25) is 5.02 Å². The highest BCUT2D eigenvalue weighted by molar-refractivity contribution is 14.0. The van der Waals surface area contributed by atoms with Crippen molar-refractivity contribution in [2.45, 2.75) is 18.2 Å². The maximum atomic E-state index is 11.5. The average molecular weight is 518 g/mol. The molecule has 0 bridgehead atoms. The van der Waals surface area contributed by atoms with Crippen LogP contribution in [0.25, 0.3) is 0 Å². The van der Waals surface area contributed by atoms with E-state index in [1.54, 1.807) is 11.8 Å². The van der Waals surface area contributed by atoms with E-state index in [9.17, 15) is 8.42 Å². The lowest BCUT2D eigenvalue weighted by molar-refractivity contribution is 0.590. The van der Waals surface area contributed by atoms with E-state index >= 15 is 0 Å². The summed E-state index contributed by atoms with van der Waals surface area (Å²) in [6, 6.07) is 7.79. The number of nitrogens with one attached hydrogen (secondary N) is 2. The van der Waals surface area contributed by atoms with Crippen molar-refractivity contribution in [3.05, 3.63) is 29.3 Å². The van der Waals surface area contributed by atoms with E-state index in [0.29, 0.717) is 12.3 Å². The Hall–Kier alpha value is -0.190. The Kier molecular flexibility index (Phi) is 10.5. The van der Waals surface area contributed by atoms with Crippen molar-refractivity contribution in [1.82, 2.24) is 10.6 Å². The fourth-order valence-electron chi connectivity index (χ4n) is 2.45. The van der Waals surface area contributed by atoms with Crippen molar-refractivity contribution in [3.63, 3.8) is 0 Å². The average Bonchev–Trinajstić information content (AvgIpc) is 2.90. The molecule has 1 unspecified atom stereocenters. The number of halogens is 2. The molecule has 2 rings (SSSR count). The molecule has 0 aliphatic carbocycles. The molecule has 0 amide bonds. The highest BCUT2D eigenvalue weighted by atomic mass is 127. The first-order valence-electron chi connectivity index (χ1n) is 8.09. The fourth-order valence-corrected chi connectivity index (χ4v) is 5.19. The minimum absolute atomic E-state index is 0. The predicted molar refractivity (Wildman–Crippen MR) is 118 cm³/mol. The van der Waals surface area contributed by atoms with Crippen LogP contribution < -0.4 is 10.6 Å². The molecule has 142 valence electrons. The summed E-state index contributed by atoms with van der Waals surface area (Å²) >= 11 is 7.62. The molecule has 1 fully saturated rings. The summed E-state index contributed by atoms with van der Waals surface area (Å²) in [7, 11) is -2.83. The van der Waals surface area contributed by atoms with E-state index in [-0.39, 0.29) is 35.6 Å². The summed E-state index contributed by atoms with van der Waals surface area (Å²) in [6.45, 7) is 4.12. The van der Waals surface area contributed by atoms with Gasteiger partial charge >= 0.3 is 0 Å². The lowest BCUT2D eigenvalue weighted by Crippen LogP contribution is -2.38. The molecule has 0 aromatic heterocycles. The summed E-state index contributed by atoms with van der Waals surface area (Å²) in [5, 5.41) is 7.23. The molecule has 9 heteroatoms. The molecule has 25 heavy (non-hydrogen) atoms. The van der Waals surface area contributed by atoms with Crippen molar-refractivity contribution in [2.24, 2.45) is 10.9 Å². The lowest BCUT2D eigenvalue weighted by atomic mass is 10.1. The van der Waals surface area contributed by atoms with Crippen molar-refractivity contribution in [1.29, 1.82) is 0 Å². The third kappa shape index (κ3) is 8.83. The molecule has 1 aliphatic rings. The van der Waals surface area contributed by atoms with Gasteiger partial charge in [0.1, 0.15) is 0 Å². The van der Waals surface area contributed by atoms with Crippen LogP contribution in [0, 0.1) is 5.92 Å². The van der Waals surface area contributed by atoms with Gasteiger partial charge in [-0.2, -0.15) is 0 Å². The maximum absolute atomic E-state index is 11.5. The topological polar surface area (TPSA) is 70.6 Å². The van der Waals surface area contributed by atoms with Crippen LogP contribution in [0.5, 0.6) is 0 Å². The Bertz CT molecular complexity index is 654. The zero-order chi connectivity index (χ0) is 17.4. The third-order valence-corrected chi connectivity index (χ3v) is 6.76. The summed E-state index contributed by atoms with van der Waals surface area (Å²) in [4.78, 5) is 5.70. The molecule has 2 N–H and O–H groups in total. The number of hydrogen-bond donors (Lipinski definition) is 2. The molecular formula is C16H25ClIN3O2S2. The van der Waals surface area contributed by atoms with Gasteiger partial charge in [-0.3, -0.25) is 4.99 Å². The molecule has 1 aliphatic heterocycles. The number of nitrogens with zero attached hydrogens (tertiary/aromatic N) is 1. The second kappa shape index (κ2) is 11.5. The monoisotopic (exact) mass is 517 g/mol. The fraction of sp³-hybridized carbons (Fsp3) is 0.562. The molecule has 0 saturated carbocycles. The van der Waals surface area contributed by atoms with Gasteiger partial charge in [0.05, 0.1) is 11.5 Å². The molecule has 0 radical (unpaired) electrons. The Morgan fingerprint density at radius 1 is 1.32 bits per heavy atom. The Balaban J connectivity index is 0.00000312. The van der Waals surface area contributed by atoms with Crippen LogP contribution in [-0.4, -0.2) is 51.3 Å². The maximum Gasteiger partial charge on any atom is 0.191 e. The number of thioether (sulfide) groups is 1. The minimum Gasteiger partial charge on any atom is -0.357 e. The quantitative estimate of drug-likeness (QED) is 0.191. The van der Waals surface area contributed by atoms with Crippen molar-refractivity contribution in [2.75, 3.05) is 36.9 Å². The summed E-state index contributed by atoms with van der Waals surface area (Å²) < 4.78 is 23.0. The highest BCUT2D eigenvalue weighted by Crippen LogP contribution is 2.20. The molecule has 0 spiro atoms. The Morgan fingerprint density at radius 2 is 2.04 bits per heavy atom. The number of sulfone groups is 1. The predicted octanol–water partition coefficient (Wildman–Crippen LogP) is 3.04. The minimum atomic E-state index is -2.83. The Labute approximate surface area is 176 Å².